The molecule has 8 nitrogen and oxygen atoms in total. The first-order valence-corrected chi connectivity index (χ1v) is 11.8. The van der Waals surface area contributed by atoms with Crippen LogP contribution >= 0.6 is 0 Å². The Balaban J connectivity index is 1.44. The van der Waals surface area contributed by atoms with Gasteiger partial charge in [0.25, 0.3) is 15.9 Å². The van der Waals surface area contributed by atoms with Gasteiger partial charge >= 0.3 is 0 Å². The molecule has 0 aliphatic rings. The zero-order chi connectivity index (χ0) is 23.4. The van der Waals surface area contributed by atoms with Crippen LogP contribution in [0.25, 0.3) is 10.9 Å². The average molecular weight is 465 g/mol. The molecule has 170 valence electrons. The van der Waals surface area contributed by atoms with E-state index in [1.807, 2.05) is 30.5 Å². The number of anilines is 1. The highest BCUT2D eigenvalue weighted by molar-refractivity contribution is 7.92. The minimum absolute atomic E-state index is 0.118. The van der Waals surface area contributed by atoms with Crippen molar-refractivity contribution in [1.29, 1.82) is 0 Å². The van der Waals surface area contributed by atoms with Gasteiger partial charge in [0.15, 0.2) is 0 Å². The number of rotatable bonds is 8. The summed E-state index contributed by atoms with van der Waals surface area (Å²) in [6, 6.07) is 17.1. The van der Waals surface area contributed by atoms with Crippen molar-refractivity contribution in [3.63, 3.8) is 0 Å². The van der Waals surface area contributed by atoms with Crippen LogP contribution in [0, 0.1) is 0 Å². The fourth-order valence-electron chi connectivity index (χ4n) is 3.52. The third-order valence-electron chi connectivity index (χ3n) is 5.41. The lowest BCUT2D eigenvalue weighted by molar-refractivity contribution is 0.0949. The standard InChI is InChI=1S/C24H24N4O4S/c1-28(33(30,31)20-9-7-19(32-2)8-10-20)18-12-14-25-23(15-18)24(29)26-13-11-17-16-27-22-6-4-3-5-21(17)22/h3-10,12,14-16,27H,11,13H2,1-2H3,(H,26,29). The number of nitrogens with one attached hydrogen (secondary N) is 2. The van der Waals surface area contributed by atoms with Crippen molar-refractivity contribution in [3.8, 4) is 5.75 Å². The normalized spacial score (nSPS) is 11.3. The maximum Gasteiger partial charge on any atom is 0.269 e. The molecule has 2 N–H and O–H groups in total. The van der Waals surface area contributed by atoms with Gasteiger partial charge in [-0.25, -0.2) is 8.42 Å². The molecular weight excluding hydrogens is 440 g/mol. The molecule has 0 atom stereocenters. The van der Waals surface area contributed by atoms with Gasteiger partial charge < -0.3 is 15.0 Å². The van der Waals surface area contributed by atoms with Crippen molar-refractivity contribution < 1.29 is 17.9 Å². The fourth-order valence-corrected chi connectivity index (χ4v) is 4.71. The summed E-state index contributed by atoms with van der Waals surface area (Å²) >= 11 is 0. The minimum Gasteiger partial charge on any atom is -0.497 e. The third kappa shape index (κ3) is 4.68. The first-order chi connectivity index (χ1) is 15.9. The number of aromatic amines is 1. The highest BCUT2D eigenvalue weighted by Crippen LogP contribution is 2.24. The molecule has 0 radical (unpaired) electrons. The van der Waals surface area contributed by atoms with E-state index in [0.717, 1.165) is 20.8 Å². The molecule has 2 aromatic heterocycles. The molecule has 0 aliphatic heterocycles. The van der Waals surface area contributed by atoms with Gasteiger partial charge in [-0.2, -0.15) is 0 Å². The van der Waals surface area contributed by atoms with Gasteiger partial charge in [0.2, 0.25) is 0 Å². The van der Waals surface area contributed by atoms with E-state index in [-0.39, 0.29) is 16.5 Å². The Bertz CT molecular complexity index is 1380. The molecule has 0 saturated heterocycles. The van der Waals surface area contributed by atoms with Gasteiger partial charge in [-0.3, -0.25) is 14.1 Å². The summed E-state index contributed by atoms with van der Waals surface area (Å²) in [5, 5.41) is 3.98. The Hall–Kier alpha value is -3.85. The Kier molecular flexibility index (Phi) is 6.32. The quantitative estimate of drug-likeness (QED) is 0.416. The number of aromatic nitrogens is 2. The first-order valence-electron chi connectivity index (χ1n) is 10.3. The molecule has 4 rings (SSSR count). The number of methoxy groups -OCH3 is 1. The van der Waals surface area contributed by atoms with E-state index < -0.39 is 10.0 Å². The average Bonchev–Trinajstić information content (AvgIpc) is 3.26. The van der Waals surface area contributed by atoms with Crippen molar-refractivity contribution >= 4 is 32.5 Å². The lowest BCUT2D eigenvalue weighted by Gasteiger charge is -2.20. The third-order valence-corrected chi connectivity index (χ3v) is 7.21. The molecule has 0 spiro atoms. The van der Waals surface area contributed by atoms with Crippen LogP contribution in [-0.2, 0) is 16.4 Å². The Morgan fingerprint density at radius 2 is 1.88 bits per heavy atom. The first kappa shape index (κ1) is 22.3. The monoisotopic (exact) mass is 464 g/mol. The second kappa shape index (κ2) is 9.33. The van der Waals surface area contributed by atoms with E-state index >= 15 is 0 Å². The maximum atomic E-state index is 13.0. The van der Waals surface area contributed by atoms with Crippen LogP contribution in [0.15, 0.2) is 78.0 Å². The highest BCUT2D eigenvalue weighted by Gasteiger charge is 2.22. The van der Waals surface area contributed by atoms with E-state index in [0.29, 0.717) is 24.4 Å². The summed E-state index contributed by atoms with van der Waals surface area (Å²) in [6.07, 6.45) is 4.01. The molecule has 0 bridgehead atoms. The summed E-state index contributed by atoms with van der Waals surface area (Å²) in [5.41, 5.74) is 2.64. The lowest BCUT2D eigenvalue weighted by Crippen LogP contribution is -2.29. The highest BCUT2D eigenvalue weighted by atomic mass is 32.2. The summed E-state index contributed by atoms with van der Waals surface area (Å²) in [7, 11) is -0.860. The molecule has 0 unspecified atom stereocenters. The number of amides is 1. The van der Waals surface area contributed by atoms with Gasteiger partial charge in [-0.1, -0.05) is 18.2 Å². The summed E-state index contributed by atoms with van der Waals surface area (Å²) in [5.74, 6) is 0.194. The number of sulfonamides is 1. The van der Waals surface area contributed by atoms with E-state index in [2.05, 4.69) is 15.3 Å². The smallest absolute Gasteiger partial charge is 0.269 e. The number of ether oxygens (including phenoxy) is 1. The van der Waals surface area contributed by atoms with Crippen LogP contribution in [0.2, 0.25) is 0 Å². The van der Waals surface area contributed by atoms with E-state index in [1.54, 1.807) is 18.2 Å². The number of nitrogens with zero attached hydrogens (tertiary/aromatic N) is 2. The molecule has 0 saturated carbocycles. The molecular formula is C24H24N4O4S. The number of carbonyl (C=O) groups is 1. The van der Waals surface area contributed by atoms with Gasteiger partial charge in [-0.15, -0.1) is 0 Å². The molecule has 1 amide bonds. The second-order valence-electron chi connectivity index (χ2n) is 7.41. The number of benzene rings is 2. The second-order valence-corrected chi connectivity index (χ2v) is 9.38. The number of hydrogen-bond donors (Lipinski definition) is 2. The fraction of sp³-hybridized carbons (Fsp3) is 0.167. The summed E-state index contributed by atoms with van der Waals surface area (Å²) < 4.78 is 32.2. The molecule has 2 aromatic carbocycles. The van der Waals surface area contributed by atoms with Gasteiger partial charge in [0, 0.05) is 36.9 Å². The van der Waals surface area contributed by atoms with E-state index in [4.69, 9.17) is 4.74 Å². The molecule has 9 heteroatoms. The topological polar surface area (TPSA) is 104 Å². The van der Waals surface area contributed by atoms with Crippen molar-refractivity contribution in [1.82, 2.24) is 15.3 Å². The Labute approximate surface area is 192 Å². The van der Waals surface area contributed by atoms with Crippen LogP contribution in [0.3, 0.4) is 0 Å². The Morgan fingerprint density at radius 1 is 1.12 bits per heavy atom. The van der Waals surface area contributed by atoms with Crippen LogP contribution < -0.4 is 14.4 Å². The summed E-state index contributed by atoms with van der Waals surface area (Å²) in [4.78, 5) is 20.1. The van der Waals surface area contributed by atoms with Crippen molar-refractivity contribution in [3.05, 3.63) is 84.3 Å². The zero-order valence-corrected chi connectivity index (χ0v) is 19.1. The largest absolute Gasteiger partial charge is 0.497 e. The number of fused-ring (bicyclic) bond motifs is 1. The van der Waals surface area contributed by atoms with Gasteiger partial charge in [0.1, 0.15) is 11.4 Å². The van der Waals surface area contributed by atoms with E-state index in [9.17, 15) is 13.2 Å². The van der Waals surface area contributed by atoms with Crippen LogP contribution in [0.1, 0.15) is 16.1 Å². The van der Waals surface area contributed by atoms with Crippen LogP contribution in [0.5, 0.6) is 5.75 Å². The Morgan fingerprint density at radius 3 is 2.64 bits per heavy atom. The molecule has 33 heavy (non-hydrogen) atoms. The van der Waals surface area contributed by atoms with Crippen LogP contribution in [0.4, 0.5) is 5.69 Å². The molecule has 2 heterocycles. The van der Waals surface area contributed by atoms with Crippen molar-refractivity contribution in [2.75, 3.05) is 25.0 Å². The minimum atomic E-state index is -3.81. The summed E-state index contributed by atoms with van der Waals surface area (Å²) in [6.45, 7) is 0.423. The number of H-pyrrole nitrogens is 1. The molecule has 0 fully saturated rings. The number of hydrogen-bond acceptors (Lipinski definition) is 5. The predicted octanol–water partition coefficient (Wildman–Crippen LogP) is 3.37. The molecule has 4 aromatic rings. The zero-order valence-electron chi connectivity index (χ0n) is 18.3. The maximum absolute atomic E-state index is 13.0. The number of para-hydroxylation sites is 1. The number of carbonyl (C=O) groups excluding carboxylic acids is 1. The number of pyridine rings is 1. The van der Waals surface area contributed by atoms with Crippen LogP contribution in [-0.4, -0.2) is 45.0 Å². The SMILES string of the molecule is COc1ccc(S(=O)(=O)N(C)c2ccnc(C(=O)NCCc3c[nH]c4ccccc34)c2)cc1. The van der Waals surface area contributed by atoms with Gasteiger partial charge in [-0.05, 0) is 54.4 Å². The molecule has 0 aliphatic carbocycles. The van der Waals surface area contributed by atoms with Crippen molar-refractivity contribution in [2.24, 2.45) is 0 Å². The predicted molar refractivity (Wildman–Crippen MR) is 127 cm³/mol. The van der Waals surface area contributed by atoms with E-state index in [1.165, 1.54) is 38.6 Å². The van der Waals surface area contributed by atoms with Gasteiger partial charge in [0.05, 0.1) is 17.7 Å². The lowest BCUT2D eigenvalue weighted by atomic mass is 10.1. The van der Waals surface area contributed by atoms with Crippen molar-refractivity contribution in [2.45, 2.75) is 11.3 Å².